The standard InChI is InChI=1S/C30H27Cl2FN6O2/c1-15-26(35)22(27(37-2)16-7-18(10-19(31)8-16)30(4-5-30)29(36)41)3-6-39(15)28(40)24-12-20(33)11-23(25(24)32)17-9-21(13-34)38-14-17/h7-12,14-15,38H,3-6,35H2,1-2H3,(H2,36,41)/t15-/m1/s1. The third-order valence-corrected chi connectivity index (χ3v) is 8.59. The molecule has 210 valence electrons. The van der Waals surface area contributed by atoms with Crippen LogP contribution in [-0.4, -0.2) is 47.0 Å². The Morgan fingerprint density at radius 2 is 1.93 bits per heavy atom. The monoisotopic (exact) mass is 592 g/mol. The summed E-state index contributed by atoms with van der Waals surface area (Å²) >= 11 is 13.1. The van der Waals surface area contributed by atoms with E-state index in [4.69, 9.17) is 39.9 Å². The molecule has 5 N–H and O–H groups in total. The summed E-state index contributed by atoms with van der Waals surface area (Å²) in [5.74, 6) is -1.50. The van der Waals surface area contributed by atoms with Crippen LogP contribution in [0.5, 0.6) is 0 Å². The summed E-state index contributed by atoms with van der Waals surface area (Å²) in [7, 11) is 1.64. The molecule has 1 saturated carbocycles. The van der Waals surface area contributed by atoms with E-state index in [9.17, 15) is 14.0 Å². The van der Waals surface area contributed by atoms with Gasteiger partial charge in [0.05, 0.1) is 27.8 Å². The Morgan fingerprint density at radius 1 is 1.20 bits per heavy atom. The number of primary amides is 1. The molecule has 8 nitrogen and oxygen atoms in total. The van der Waals surface area contributed by atoms with Gasteiger partial charge < -0.3 is 21.4 Å². The van der Waals surface area contributed by atoms with Gasteiger partial charge >= 0.3 is 0 Å². The molecular weight excluding hydrogens is 566 g/mol. The van der Waals surface area contributed by atoms with Crippen LogP contribution in [0.15, 0.2) is 58.9 Å². The molecule has 2 aliphatic rings. The van der Waals surface area contributed by atoms with Crippen molar-refractivity contribution >= 4 is 40.7 Å². The molecule has 0 radical (unpaired) electrons. The van der Waals surface area contributed by atoms with Crippen molar-refractivity contribution in [3.63, 3.8) is 0 Å². The Morgan fingerprint density at radius 3 is 2.54 bits per heavy atom. The number of carbonyl (C=O) groups is 2. The van der Waals surface area contributed by atoms with Crippen LogP contribution in [0, 0.1) is 17.1 Å². The number of aliphatic imine (C=N–C) groups is 1. The Labute approximate surface area is 246 Å². The fraction of sp³-hybridized carbons (Fsp3) is 0.267. The smallest absolute Gasteiger partial charge is 0.256 e. The van der Waals surface area contributed by atoms with E-state index in [0.717, 1.165) is 17.2 Å². The van der Waals surface area contributed by atoms with Crippen molar-refractivity contribution < 1.29 is 14.0 Å². The van der Waals surface area contributed by atoms with Gasteiger partial charge in [0.2, 0.25) is 5.91 Å². The fourth-order valence-corrected chi connectivity index (χ4v) is 6.02. The summed E-state index contributed by atoms with van der Waals surface area (Å²) in [6.45, 7) is 2.06. The Hall–Kier alpha value is -4.13. The second kappa shape index (κ2) is 10.7. The van der Waals surface area contributed by atoms with E-state index in [1.54, 1.807) is 31.0 Å². The third kappa shape index (κ3) is 4.98. The van der Waals surface area contributed by atoms with Gasteiger partial charge in [-0.05, 0) is 68.1 Å². The topological polar surface area (TPSA) is 141 Å². The maximum absolute atomic E-state index is 14.7. The number of hydrogen-bond acceptors (Lipinski definition) is 5. The van der Waals surface area contributed by atoms with Gasteiger partial charge in [0.25, 0.3) is 5.91 Å². The molecule has 3 aromatic rings. The zero-order valence-electron chi connectivity index (χ0n) is 22.4. The minimum atomic E-state index is -0.721. The molecule has 1 aliphatic heterocycles. The van der Waals surface area contributed by atoms with Gasteiger partial charge in [-0.1, -0.05) is 23.2 Å². The number of rotatable bonds is 6. The number of aromatic nitrogens is 1. The number of H-pyrrole nitrogens is 1. The van der Waals surface area contributed by atoms with E-state index < -0.39 is 23.2 Å². The number of amides is 2. The van der Waals surface area contributed by atoms with Gasteiger partial charge in [-0.3, -0.25) is 14.6 Å². The molecule has 1 aliphatic carbocycles. The number of nitrogens with two attached hydrogens (primary N) is 2. The highest BCUT2D eigenvalue weighted by Crippen LogP contribution is 2.49. The van der Waals surface area contributed by atoms with Gasteiger partial charge in [0.15, 0.2) is 0 Å². The van der Waals surface area contributed by atoms with Gasteiger partial charge in [-0.2, -0.15) is 5.26 Å². The van der Waals surface area contributed by atoms with Crippen LogP contribution in [-0.2, 0) is 10.2 Å². The third-order valence-electron chi connectivity index (χ3n) is 7.97. The number of nitriles is 1. The number of aromatic amines is 1. The molecular formula is C30H27Cl2FN6O2. The first-order chi connectivity index (χ1) is 19.5. The number of carbonyl (C=O) groups excluding carboxylic acids is 2. The van der Waals surface area contributed by atoms with Crippen molar-refractivity contribution in [1.29, 1.82) is 5.26 Å². The van der Waals surface area contributed by atoms with Crippen molar-refractivity contribution in [2.24, 2.45) is 16.5 Å². The number of nitrogens with zero attached hydrogens (tertiary/aromatic N) is 3. The second-order valence-electron chi connectivity index (χ2n) is 10.3. The first kappa shape index (κ1) is 28.4. The number of halogens is 3. The lowest BCUT2D eigenvalue weighted by Crippen LogP contribution is -2.46. The molecule has 1 fully saturated rings. The van der Waals surface area contributed by atoms with Crippen molar-refractivity contribution in [2.45, 2.75) is 37.6 Å². The number of benzene rings is 2. The van der Waals surface area contributed by atoms with E-state index in [1.807, 2.05) is 12.1 Å². The normalized spacial score (nSPS) is 18.3. The van der Waals surface area contributed by atoms with Crippen molar-refractivity contribution in [3.05, 3.63) is 92.1 Å². The SMILES string of the molecule is CN=C(C1=C(N)[C@@H](C)N(C(=O)c2cc(F)cc(-c3c[nH]c(C#N)c3)c2Cl)CC1)c1cc(Cl)cc(C2(C(N)=O)CC2)c1. The van der Waals surface area contributed by atoms with Gasteiger partial charge in [0, 0.05) is 52.8 Å². The summed E-state index contributed by atoms with van der Waals surface area (Å²) in [4.78, 5) is 34.7. The highest BCUT2D eigenvalue weighted by Gasteiger charge is 2.50. The lowest BCUT2D eigenvalue weighted by Gasteiger charge is -2.36. The molecule has 0 saturated heterocycles. The Kier molecular flexibility index (Phi) is 7.41. The maximum atomic E-state index is 14.7. The molecule has 0 unspecified atom stereocenters. The number of hydrogen-bond donors (Lipinski definition) is 3. The van der Waals surface area contributed by atoms with E-state index in [-0.39, 0.29) is 28.7 Å². The van der Waals surface area contributed by atoms with Crippen LogP contribution >= 0.6 is 23.2 Å². The van der Waals surface area contributed by atoms with Gasteiger partial charge in [-0.25, -0.2) is 4.39 Å². The molecule has 5 rings (SSSR count). The highest BCUT2D eigenvalue weighted by atomic mass is 35.5. The maximum Gasteiger partial charge on any atom is 0.256 e. The summed E-state index contributed by atoms with van der Waals surface area (Å²) < 4.78 is 14.7. The van der Waals surface area contributed by atoms with Gasteiger partial charge in [0.1, 0.15) is 17.6 Å². The molecule has 1 aromatic heterocycles. The molecule has 0 spiro atoms. The Balaban J connectivity index is 1.47. The van der Waals surface area contributed by atoms with Crippen molar-refractivity contribution in [3.8, 4) is 17.2 Å². The van der Waals surface area contributed by atoms with Crippen LogP contribution in [0.1, 0.15) is 53.4 Å². The minimum Gasteiger partial charge on any atom is -0.400 e. The summed E-state index contributed by atoms with van der Waals surface area (Å²) in [5.41, 5.74) is 15.9. The number of nitrogens with one attached hydrogen (secondary N) is 1. The first-order valence-electron chi connectivity index (χ1n) is 13.0. The summed E-state index contributed by atoms with van der Waals surface area (Å²) in [5, 5.41) is 9.65. The van der Waals surface area contributed by atoms with Crippen LogP contribution in [0.25, 0.3) is 11.1 Å². The van der Waals surface area contributed by atoms with E-state index in [2.05, 4.69) is 9.98 Å². The lowest BCUT2D eigenvalue weighted by atomic mass is 9.88. The van der Waals surface area contributed by atoms with Gasteiger partial charge in [-0.15, -0.1) is 0 Å². The van der Waals surface area contributed by atoms with E-state index >= 15 is 0 Å². The average molecular weight is 593 g/mol. The molecule has 1 atom stereocenters. The van der Waals surface area contributed by atoms with Crippen LogP contribution in [0.3, 0.4) is 0 Å². The predicted octanol–water partition coefficient (Wildman–Crippen LogP) is 5.08. The molecule has 41 heavy (non-hydrogen) atoms. The molecule has 11 heteroatoms. The lowest BCUT2D eigenvalue weighted by molar-refractivity contribution is -0.120. The predicted molar refractivity (Wildman–Crippen MR) is 156 cm³/mol. The van der Waals surface area contributed by atoms with E-state index in [0.29, 0.717) is 52.4 Å². The largest absolute Gasteiger partial charge is 0.400 e. The highest BCUT2D eigenvalue weighted by molar-refractivity contribution is 6.36. The summed E-state index contributed by atoms with van der Waals surface area (Å²) in [6.07, 6.45) is 3.23. The van der Waals surface area contributed by atoms with Crippen molar-refractivity contribution in [1.82, 2.24) is 9.88 Å². The zero-order valence-corrected chi connectivity index (χ0v) is 23.9. The molecule has 0 bridgehead atoms. The van der Waals surface area contributed by atoms with E-state index in [1.165, 1.54) is 18.3 Å². The minimum absolute atomic E-state index is 0.00507. The first-order valence-corrected chi connectivity index (χ1v) is 13.7. The molecule has 2 heterocycles. The van der Waals surface area contributed by atoms with Crippen LogP contribution < -0.4 is 11.5 Å². The molecule has 2 aromatic carbocycles. The summed E-state index contributed by atoms with van der Waals surface area (Å²) in [6, 6.07) is 10.7. The molecule has 2 amide bonds. The van der Waals surface area contributed by atoms with Crippen molar-refractivity contribution in [2.75, 3.05) is 13.6 Å². The second-order valence-corrected chi connectivity index (χ2v) is 11.1. The fourth-order valence-electron chi connectivity index (χ4n) is 5.49. The quantitative estimate of drug-likeness (QED) is 0.343. The zero-order chi connectivity index (χ0) is 29.6. The average Bonchev–Trinajstić information content (AvgIpc) is 3.63. The van der Waals surface area contributed by atoms with Crippen LogP contribution in [0.2, 0.25) is 10.0 Å². The van der Waals surface area contributed by atoms with Crippen LogP contribution in [0.4, 0.5) is 4.39 Å². The Bertz CT molecular complexity index is 1700.